The minimum Gasteiger partial charge on any atom is -0.379 e. The van der Waals surface area contributed by atoms with Crippen molar-refractivity contribution in [1.82, 2.24) is 20.4 Å². The Morgan fingerprint density at radius 3 is 2.52 bits per heavy atom. The summed E-state index contributed by atoms with van der Waals surface area (Å²) in [5.41, 5.74) is 0. The van der Waals surface area contributed by atoms with Crippen LogP contribution >= 0.6 is 24.0 Å². The fourth-order valence-corrected chi connectivity index (χ4v) is 4.42. The van der Waals surface area contributed by atoms with Gasteiger partial charge in [-0.1, -0.05) is 20.3 Å². The number of likely N-dealkylation sites (tertiary alicyclic amines) is 1. The lowest BCUT2D eigenvalue weighted by Crippen LogP contribution is -2.51. The summed E-state index contributed by atoms with van der Waals surface area (Å²) in [4.78, 5) is 9.66. The molecule has 2 unspecified atom stereocenters. The lowest BCUT2D eigenvalue weighted by Gasteiger charge is -2.35. The summed E-state index contributed by atoms with van der Waals surface area (Å²) < 4.78 is 5.53. The number of hydrogen-bond acceptors (Lipinski definition) is 4. The lowest BCUT2D eigenvalue weighted by atomic mass is 10.0. The fourth-order valence-electron chi connectivity index (χ4n) is 4.42. The highest BCUT2D eigenvalue weighted by molar-refractivity contribution is 14.0. The molecule has 0 spiro atoms. The van der Waals surface area contributed by atoms with Crippen molar-refractivity contribution in [2.45, 2.75) is 71.4 Å². The van der Waals surface area contributed by atoms with Gasteiger partial charge in [-0.3, -0.25) is 9.89 Å². The summed E-state index contributed by atoms with van der Waals surface area (Å²) in [5.74, 6) is 1.63. The first-order valence-electron chi connectivity index (χ1n) is 11.6. The number of piperidine rings is 1. The van der Waals surface area contributed by atoms with Crippen molar-refractivity contribution >= 4 is 29.9 Å². The van der Waals surface area contributed by atoms with Crippen LogP contribution in [-0.2, 0) is 4.74 Å². The number of morpholine rings is 1. The Morgan fingerprint density at radius 1 is 1.10 bits per heavy atom. The van der Waals surface area contributed by atoms with Gasteiger partial charge >= 0.3 is 0 Å². The highest BCUT2D eigenvalue weighted by Gasteiger charge is 2.22. The van der Waals surface area contributed by atoms with Crippen LogP contribution in [0.4, 0.5) is 0 Å². The molecule has 0 aliphatic carbocycles. The Labute approximate surface area is 196 Å². The summed E-state index contributed by atoms with van der Waals surface area (Å²) in [6.45, 7) is 15.3. The maximum absolute atomic E-state index is 5.53. The van der Waals surface area contributed by atoms with E-state index in [9.17, 15) is 0 Å². The number of hydrogen-bond donors (Lipinski definition) is 2. The van der Waals surface area contributed by atoms with E-state index in [-0.39, 0.29) is 24.0 Å². The first-order chi connectivity index (χ1) is 13.6. The summed E-state index contributed by atoms with van der Waals surface area (Å²) in [6, 6.07) is 1.32. The molecular formula is C22H46IN5O. The molecule has 29 heavy (non-hydrogen) atoms. The molecule has 0 amide bonds. The molecule has 2 N–H and O–H groups in total. The topological polar surface area (TPSA) is 52.1 Å². The van der Waals surface area contributed by atoms with Gasteiger partial charge in [-0.25, -0.2) is 0 Å². The van der Waals surface area contributed by atoms with Gasteiger partial charge in [-0.15, -0.1) is 24.0 Å². The molecular weight excluding hydrogens is 477 g/mol. The smallest absolute Gasteiger partial charge is 0.191 e. The SMILES string of the molecule is CN=C(NCCCCN1CCCCC1C)NCC(CC(C)C)N1CCOCC1.I. The number of halogens is 1. The average Bonchev–Trinajstić information content (AvgIpc) is 2.70. The molecule has 2 fully saturated rings. The van der Waals surface area contributed by atoms with Gasteiger partial charge in [-0.05, 0) is 58.0 Å². The molecule has 0 aromatic heterocycles. The molecule has 2 aliphatic rings. The zero-order chi connectivity index (χ0) is 20.2. The normalized spacial score (nSPS) is 22.9. The first kappa shape index (κ1) is 26.9. The zero-order valence-electron chi connectivity index (χ0n) is 19.3. The number of nitrogens with one attached hydrogen (secondary N) is 2. The molecule has 2 saturated heterocycles. The van der Waals surface area contributed by atoms with Crippen LogP contribution in [0.15, 0.2) is 4.99 Å². The Morgan fingerprint density at radius 2 is 1.86 bits per heavy atom. The second-order valence-electron chi connectivity index (χ2n) is 8.90. The van der Waals surface area contributed by atoms with Crippen LogP contribution in [0, 0.1) is 5.92 Å². The van der Waals surface area contributed by atoms with Gasteiger partial charge in [-0.2, -0.15) is 0 Å². The highest BCUT2D eigenvalue weighted by Crippen LogP contribution is 2.16. The summed E-state index contributed by atoms with van der Waals surface area (Å²) in [7, 11) is 1.87. The Balaban J connectivity index is 0.00000420. The Hall–Kier alpha value is -0.120. The number of ether oxygens (including phenoxy) is 1. The standard InChI is InChI=1S/C22H45N5O.HI/c1-19(2)17-21(27-13-15-28-16-14-27)18-25-22(23-4)24-10-6-8-12-26-11-7-5-9-20(26)3;/h19-21H,5-18H2,1-4H3,(H2,23,24,25);1H. The number of unbranched alkanes of at least 4 members (excludes halogenated alkanes) is 1. The molecule has 2 rings (SSSR count). The molecule has 0 saturated carbocycles. The molecule has 0 aromatic rings. The molecule has 0 bridgehead atoms. The van der Waals surface area contributed by atoms with Gasteiger partial charge in [0.25, 0.3) is 0 Å². The minimum absolute atomic E-state index is 0. The predicted molar refractivity (Wildman–Crippen MR) is 135 cm³/mol. The van der Waals surface area contributed by atoms with Gasteiger partial charge < -0.3 is 20.3 Å². The van der Waals surface area contributed by atoms with Gasteiger partial charge in [0.2, 0.25) is 0 Å². The van der Waals surface area contributed by atoms with Gasteiger partial charge in [0.15, 0.2) is 5.96 Å². The fraction of sp³-hybridized carbons (Fsp3) is 0.955. The van der Waals surface area contributed by atoms with Crippen LogP contribution < -0.4 is 10.6 Å². The predicted octanol–water partition coefficient (Wildman–Crippen LogP) is 3.17. The van der Waals surface area contributed by atoms with Crippen molar-refractivity contribution in [3.8, 4) is 0 Å². The van der Waals surface area contributed by atoms with E-state index in [4.69, 9.17) is 4.74 Å². The van der Waals surface area contributed by atoms with Gasteiger partial charge in [0.1, 0.15) is 0 Å². The molecule has 2 aliphatic heterocycles. The second kappa shape index (κ2) is 15.6. The van der Waals surface area contributed by atoms with Crippen LogP contribution in [0.3, 0.4) is 0 Å². The van der Waals surface area contributed by atoms with Crippen molar-refractivity contribution in [1.29, 1.82) is 0 Å². The molecule has 6 nitrogen and oxygen atoms in total. The Bertz CT molecular complexity index is 443. The van der Waals surface area contributed by atoms with E-state index in [2.05, 4.69) is 46.2 Å². The van der Waals surface area contributed by atoms with Crippen molar-refractivity contribution in [3.63, 3.8) is 0 Å². The monoisotopic (exact) mass is 523 g/mol. The quantitative estimate of drug-likeness (QED) is 0.200. The Kier molecular flexibility index (Phi) is 14.5. The van der Waals surface area contributed by atoms with Crippen molar-refractivity contribution < 1.29 is 4.74 Å². The van der Waals surface area contributed by atoms with E-state index in [1.165, 1.54) is 51.6 Å². The van der Waals surface area contributed by atoms with E-state index >= 15 is 0 Å². The molecule has 7 heteroatoms. The summed E-state index contributed by atoms with van der Waals surface area (Å²) >= 11 is 0. The van der Waals surface area contributed by atoms with Crippen molar-refractivity contribution in [2.24, 2.45) is 10.9 Å². The number of rotatable bonds is 10. The number of aliphatic imine (C=N–C) groups is 1. The van der Waals surface area contributed by atoms with Crippen LogP contribution in [0.25, 0.3) is 0 Å². The average molecular weight is 524 g/mol. The van der Waals surface area contributed by atoms with Crippen LogP contribution in [0.2, 0.25) is 0 Å². The van der Waals surface area contributed by atoms with Gasteiger partial charge in [0.05, 0.1) is 13.2 Å². The van der Waals surface area contributed by atoms with Gasteiger partial charge in [0, 0.05) is 45.3 Å². The first-order valence-corrected chi connectivity index (χ1v) is 11.6. The molecule has 2 atom stereocenters. The van der Waals surface area contributed by atoms with Crippen LogP contribution in [-0.4, -0.2) is 87.4 Å². The van der Waals surface area contributed by atoms with Crippen molar-refractivity contribution in [2.75, 3.05) is 59.5 Å². The third-order valence-electron chi connectivity index (χ3n) is 6.14. The highest BCUT2D eigenvalue weighted by atomic mass is 127. The summed E-state index contributed by atoms with van der Waals surface area (Å²) in [5, 5.41) is 7.07. The van der Waals surface area contributed by atoms with E-state index in [0.717, 1.165) is 51.4 Å². The van der Waals surface area contributed by atoms with E-state index in [0.29, 0.717) is 12.0 Å². The third kappa shape index (κ3) is 10.6. The van der Waals surface area contributed by atoms with E-state index in [1.807, 2.05) is 7.05 Å². The summed E-state index contributed by atoms with van der Waals surface area (Å²) in [6.07, 6.45) is 7.82. The maximum atomic E-state index is 5.53. The van der Waals surface area contributed by atoms with E-state index < -0.39 is 0 Å². The maximum Gasteiger partial charge on any atom is 0.191 e. The van der Waals surface area contributed by atoms with Crippen molar-refractivity contribution in [3.05, 3.63) is 0 Å². The van der Waals surface area contributed by atoms with E-state index in [1.54, 1.807) is 0 Å². The largest absolute Gasteiger partial charge is 0.379 e. The lowest BCUT2D eigenvalue weighted by molar-refractivity contribution is 0.0132. The molecule has 0 radical (unpaired) electrons. The third-order valence-corrected chi connectivity index (χ3v) is 6.14. The second-order valence-corrected chi connectivity index (χ2v) is 8.90. The minimum atomic E-state index is 0. The molecule has 0 aromatic carbocycles. The zero-order valence-corrected chi connectivity index (χ0v) is 21.6. The van der Waals surface area contributed by atoms with Crippen LogP contribution in [0.5, 0.6) is 0 Å². The number of nitrogens with zero attached hydrogens (tertiary/aromatic N) is 3. The molecule has 2 heterocycles. The number of guanidine groups is 1. The molecule has 172 valence electrons. The van der Waals surface area contributed by atoms with Crippen LogP contribution in [0.1, 0.15) is 59.3 Å².